The standard InChI is InChI=1S/C19H24N4O2/c1-14-5-7-15(8-6-14)17(24)12-21-19(25)22-16-9-11-23(13-16)18-4-2-3-10-20-18/h2-8,10,16-17,24H,9,11-13H2,1H3,(H2,21,22,25). The molecular formula is C19H24N4O2. The zero-order valence-electron chi connectivity index (χ0n) is 14.4. The van der Waals surface area contributed by atoms with Crippen molar-refractivity contribution in [1.82, 2.24) is 15.6 Å². The van der Waals surface area contributed by atoms with Gasteiger partial charge >= 0.3 is 6.03 Å². The largest absolute Gasteiger partial charge is 0.387 e. The smallest absolute Gasteiger partial charge is 0.315 e. The van der Waals surface area contributed by atoms with Crippen molar-refractivity contribution in [2.75, 3.05) is 24.5 Å². The first-order chi connectivity index (χ1) is 12.1. The first-order valence-corrected chi connectivity index (χ1v) is 8.57. The molecule has 1 saturated heterocycles. The third-order valence-corrected chi connectivity index (χ3v) is 4.41. The van der Waals surface area contributed by atoms with Crippen LogP contribution in [-0.4, -0.2) is 41.8 Å². The molecule has 0 radical (unpaired) electrons. The highest BCUT2D eigenvalue weighted by molar-refractivity contribution is 5.74. The average molecular weight is 340 g/mol. The molecule has 1 aliphatic rings. The predicted molar refractivity (Wildman–Crippen MR) is 97.5 cm³/mol. The number of aromatic nitrogens is 1. The number of aliphatic hydroxyl groups is 1. The van der Waals surface area contributed by atoms with Gasteiger partial charge in [-0.05, 0) is 31.0 Å². The van der Waals surface area contributed by atoms with Crippen molar-refractivity contribution in [2.45, 2.75) is 25.5 Å². The first-order valence-electron chi connectivity index (χ1n) is 8.57. The summed E-state index contributed by atoms with van der Waals surface area (Å²) in [5.41, 5.74) is 1.94. The summed E-state index contributed by atoms with van der Waals surface area (Å²) in [6.07, 6.45) is 1.94. The van der Waals surface area contributed by atoms with Gasteiger partial charge in [-0.1, -0.05) is 35.9 Å². The Hall–Kier alpha value is -2.60. The van der Waals surface area contributed by atoms with E-state index in [1.807, 2.05) is 49.4 Å². The Kier molecular flexibility index (Phi) is 5.50. The van der Waals surface area contributed by atoms with Crippen LogP contribution >= 0.6 is 0 Å². The Morgan fingerprint density at radius 3 is 2.84 bits per heavy atom. The predicted octanol–water partition coefficient (Wildman–Crippen LogP) is 2.00. The van der Waals surface area contributed by atoms with Crippen LogP contribution in [0.1, 0.15) is 23.7 Å². The number of carbonyl (C=O) groups is 1. The average Bonchev–Trinajstić information content (AvgIpc) is 3.09. The molecule has 0 saturated carbocycles. The Morgan fingerprint density at radius 2 is 2.12 bits per heavy atom. The summed E-state index contributed by atoms with van der Waals surface area (Å²) >= 11 is 0. The zero-order valence-corrected chi connectivity index (χ0v) is 14.4. The van der Waals surface area contributed by atoms with Crippen LogP contribution < -0.4 is 15.5 Å². The molecular weight excluding hydrogens is 316 g/mol. The maximum absolute atomic E-state index is 12.1. The highest BCUT2D eigenvalue weighted by Crippen LogP contribution is 2.17. The Labute approximate surface area is 147 Å². The lowest BCUT2D eigenvalue weighted by atomic mass is 10.1. The second-order valence-electron chi connectivity index (χ2n) is 6.40. The topological polar surface area (TPSA) is 77.5 Å². The molecule has 132 valence electrons. The summed E-state index contributed by atoms with van der Waals surface area (Å²) in [6.45, 7) is 3.79. The maximum Gasteiger partial charge on any atom is 0.315 e. The lowest BCUT2D eigenvalue weighted by molar-refractivity contribution is 0.172. The summed E-state index contributed by atoms with van der Waals surface area (Å²) in [6, 6.07) is 13.3. The molecule has 0 bridgehead atoms. The summed E-state index contributed by atoms with van der Waals surface area (Å²) in [5, 5.41) is 15.9. The molecule has 1 fully saturated rings. The van der Waals surface area contributed by atoms with Crippen molar-refractivity contribution in [3.63, 3.8) is 0 Å². The molecule has 1 aromatic carbocycles. The fraction of sp³-hybridized carbons (Fsp3) is 0.368. The van der Waals surface area contributed by atoms with Gasteiger partial charge in [-0.2, -0.15) is 0 Å². The molecule has 2 atom stereocenters. The van der Waals surface area contributed by atoms with E-state index in [-0.39, 0.29) is 18.6 Å². The van der Waals surface area contributed by atoms with Crippen molar-refractivity contribution < 1.29 is 9.90 Å². The molecule has 2 unspecified atom stereocenters. The molecule has 0 aliphatic carbocycles. The summed E-state index contributed by atoms with van der Waals surface area (Å²) in [7, 11) is 0. The lowest BCUT2D eigenvalue weighted by Crippen LogP contribution is -2.44. The van der Waals surface area contributed by atoms with Crippen LogP contribution in [-0.2, 0) is 0 Å². The normalized spacial score (nSPS) is 18.0. The molecule has 2 heterocycles. The summed E-state index contributed by atoms with van der Waals surface area (Å²) < 4.78 is 0. The fourth-order valence-electron chi connectivity index (χ4n) is 2.96. The van der Waals surface area contributed by atoms with Gasteiger partial charge in [0.2, 0.25) is 0 Å². The van der Waals surface area contributed by atoms with Crippen LogP contribution in [0.4, 0.5) is 10.6 Å². The highest BCUT2D eigenvalue weighted by atomic mass is 16.3. The number of hydrogen-bond acceptors (Lipinski definition) is 4. The quantitative estimate of drug-likeness (QED) is 0.778. The summed E-state index contributed by atoms with van der Waals surface area (Å²) in [4.78, 5) is 18.6. The van der Waals surface area contributed by atoms with E-state index >= 15 is 0 Å². The molecule has 3 N–H and O–H groups in total. The Morgan fingerprint density at radius 1 is 1.32 bits per heavy atom. The van der Waals surface area contributed by atoms with E-state index < -0.39 is 6.10 Å². The minimum atomic E-state index is -0.708. The molecule has 0 spiro atoms. The second-order valence-corrected chi connectivity index (χ2v) is 6.40. The van der Waals surface area contributed by atoms with Crippen molar-refractivity contribution in [3.05, 3.63) is 59.8 Å². The van der Waals surface area contributed by atoms with E-state index in [0.717, 1.165) is 36.5 Å². The van der Waals surface area contributed by atoms with E-state index in [1.54, 1.807) is 6.20 Å². The second kappa shape index (κ2) is 7.98. The number of rotatable bonds is 5. The number of anilines is 1. The van der Waals surface area contributed by atoms with Gasteiger partial charge in [0, 0.05) is 31.9 Å². The van der Waals surface area contributed by atoms with Gasteiger partial charge in [0.25, 0.3) is 0 Å². The molecule has 6 nitrogen and oxygen atoms in total. The Bertz CT molecular complexity index is 690. The minimum Gasteiger partial charge on any atom is -0.387 e. The number of pyridine rings is 1. The van der Waals surface area contributed by atoms with Gasteiger partial charge in [0.1, 0.15) is 5.82 Å². The van der Waals surface area contributed by atoms with Crippen LogP contribution in [0.25, 0.3) is 0 Å². The van der Waals surface area contributed by atoms with Gasteiger partial charge in [-0.15, -0.1) is 0 Å². The van der Waals surface area contributed by atoms with Gasteiger partial charge in [-0.3, -0.25) is 0 Å². The number of hydrogen-bond donors (Lipinski definition) is 3. The summed E-state index contributed by atoms with van der Waals surface area (Å²) in [5.74, 6) is 0.932. The number of benzene rings is 1. The monoisotopic (exact) mass is 340 g/mol. The van der Waals surface area contributed by atoms with Crippen LogP contribution in [0.5, 0.6) is 0 Å². The van der Waals surface area contributed by atoms with E-state index in [1.165, 1.54) is 0 Å². The Balaban J connectivity index is 1.43. The number of urea groups is 1. The van der Waals surface area contributed by atoms with Crippen molar-refractivity contribution in [2.24, 2.45) is 0 Å². The minimum absolute atomic E-state index is 0.0820. The van der Waals surface area contributed by atoms with Crippen LogP contribution in [0.2, 0.25) is 0 Å². The highest BCUT2D eigenvalue weighted by Gasteiger charge is 2.24. The van der Waals surface area contributed by atoms with E-state index in [0.29, 0.717) is 0 Å². The van der Waals surface area contributed by atoms with Crippen LogP contribution in [0.3, 0.4) is 0 Å². The van der Waals surface area contributed by atoms with Gasteiger partial charge in [-0.25, -0.2) is 9.78 Å². The van der Waals surface area contributed by atoms with Crippen molar-refractivity contribution in [3.8, 4) is 0 Å². The van der Waals surface area contributed by atoms with Crippen molar-refractivity contribution >= 4 is 11.8 Å². The molecule has 1 aliphatic heterocycles. The van der Waals surface area contributed by atoms with Gasteiger partial charge < -0.3 is 20.6 Å². The maximum atomic E-state index is 12.1. The van der Waals surface area contributed by atoms with E-state index in [4.69, 9.17) is 0 Å². The van der Waals surface area contributed by atoms with E-state index in [9.17, 15) is 9.90 Å². The zero-order chi connectivity index (χ0) is 17.6. The number of carbonyl (C=O) groups excluding carboxylic acids is 1. The van der Waals surface area contributed by atoms with Crippen LogP contribution in [0.15, 0.2) is 48.7 Å². The third kappa shape index (κ3) is 4.70. The van der Waals surface area contributed by atoms with Crippen molar-refractivity contribution in [1.29, 1.82) is 0 Å². The first kappa shape index (κ1) is 17.2. The number of aryl methyl sites for hydroxylation is 1. The number of aliphatic hydroxyl groups excluding tert-OH is 1. The van der Waals surface area contributed by atoms with E-state index in [2.05, 4.69) is 20.5 Å². The van der Waals surface area contributed by atoms with Gasteiger partial charge in [0.05, 0.1) is 6.10 Å². The number of amides is 2. The molecule has 2 amide bonds. The van der Waals surface area contributed by atoms with Crippen LogP contribution in [0, 0.1) is 6.92 Å². The molecule has 1 aromatic heterocycles. The third-order valence-electron chi connectivity index (χ3n) is 4.41. The number of nitrogens with one attached hydrogen (secondary N) is 2. The lowest BCUT2D eigenvalue weighted by Gasteiger charge is -2.18. The van der Waals surface area contributed by atoms with Gasteiger partial charge in [0.15, 0.2) is 0 Å². The molecule has 25 heavy (non-hydrogen) atoms. The molecule has 6 heteroatoms. The molecule has 3 rings (SSSR count). The number of nitrogens with zero attached hydrogens (tertiary/aromatic N) is 2. The SMILES string of the molecule is Cc1ccc(C(O)CNC(=O)NC2CCN(c3ccccn3)C2)cc1. The fourth-order valence-corrected chi connectivity index (χ4v) is 2.96. The molecule has 2 aromatic rings.